The number of carboxylic acids is 1. The van der Waals surface area contributed by atoms with Crippen molar-refractivity contribution in [2.45, 2.75) is 6.36 Å². The first-order chi connectivity index (χ1) is 14.2. The summed E-state index contributed by atoms with van der Waals surface area (Å²) < 4.78 is 53.5. The Kier molecular flexibility index (Phi) is 6.06. The van der Waals surface area contributed by atoms with Gasteiger partial charge in [0.2, 0.25) is 0 Å². The average Bonchev–Trinajstić information content (AvgIpc) is 2.68. The normalized spacial score (nSPS) is 11.5. The molecule has 2 N–H and O–H groups in total. The van der Waals surface area contributed by atoms with E-state index in [1.165, 1.54) is 54.6 Å². The Morgan fingerprint density at radius 1 is 0.900 bits per heavy atom. The van der Waals surface area contributed by atoms with Gasteiger partial charge in [-0.15, -0.1) is 13.2 Å². The summed E-state index contributed by atoms with van der Waals surface area (Å²) >= 11 is 0. The molecule has 0 radical (unpaired) electrons. The topological polar surface area (TPSA) is 58.6 Å². The van der Waals surface area contributed by atoms with Gasteiger partial charge in [0.25, 0.3) is 0 Å². The molecule has 0 aliphatic heterocycles. The van der Waals surface area contributed by atoms with Crippen molar-refractivity contribution in [3.63, 3.8) is 0 Å². The SMILES string of the molecule is O=C(O)c1ccc(C=Cc2ccc(OC(F)(F)F)cc2)cc1Nc1ccc(F)cc1. The van der Waals surface area contributed by atoms with Crippen molar-refractivity contribution >= 4 is 29.5 Å². The summed E-state index contributed by atoms with van der Waals surface area (Å²) in [5.41, 5.74) is 2.13. The Labute approximate surface area is 169 Å². The predicted molar refractivity (Wildman–Crippen MR) is 105 cm³/mol. The van der Waals surface area contributed by atoms with Gasteiger partial charge in [-0.25, -0.2) is 9.18 Å². The second-order valence-electron chi connectivity index (χ2n) is 6.19. The highest BCUT2D eigenvalue weighted by atomic mass is 19.4. The Morgan fingerprint density at radius 3 is 2.10 bits per heavy atom. The lowest BCUT2D eigenvalue weighted by atomic mass is 10.1. The number of carbonyl (C=O) groups is 1. The molecule has 0 saturated heterocycles. The van der Waals surface area contributed by atoms with E-state index < -0.39 is 18.1 Å². The molecule has 0 aromatic heterocycles. The van der Waals surface area contributed by atoms with Gasteiger partial charge in [-0.05, 0) is 59.7 Å². The van der Waals surface area contributed by atoms with Crippen molar-refractivity contribution in [1.29, 1.82) is 0 Å². The van der Waals surface area contributed by atoms with Crippen molar-refractivity contribution in [1.82, 2.24) is 0 Å². The summed E-state index contributed by atoms with van der Waals surface area (Å²) in [6.45, 7) is 0. The molecule has 0 atom stereocenters. The largest absolute Gasteiger partial charge is 0.573 e. The number of alkyl halides is 3. The van der Waals surface area contributed by atoms with Crippen LogP contribution in [0.2, 0.25) is 0 Å². The molecule has 0 amide bonds. The van der Waals surface area contributed by atoms with Gasteiger partial charge in [0, 0.05) is 5.69 Å². The minimum atomic E-state index is -4.75. The third-order valence-electron chi connectivity index (χ3n) is 3.98. The molecule has 0 bridgehead atoms. The van der Waals surface area contributed by atoms with Crippen LogP contribution in [0.15, 0.2) is 66.7 Å². The number of rotatable bonds is 6. The molecule has 3 aromatic carbocycles. The van der Waals surface area contributed by atoms with E-state index in [0.29, 0.717) is 22.5 Å². The maximum Gasteiger partial charge on any atom is 0.573 e. The molecule has 0 aliphatic rings. The highest BCUT2D eigenvalue weighted by Gasteiger charge is 2.30. The van der Waals surface area contributed by atoms with Crippen LogP contribution in [0.3, 0.4) is 0 Å². The number of nitrogens with one attached hydrogen (secondary N) is 1. The van der Waals surface area contributed by atoms with E-state index in [4.69, 9.17) is 0 Å². The van der Waals surface area contributed by atoms with E-state index in [1.54, 1.807) is 24.3 Å². The highest BCUT2D eigenvalue weighted by molar-refractivity contribution is 5.96. The fourth-order valence-corrected chi connectivity index (χ4v) is 2.62. The lowest BCUT2D eigenvalue weighted by molar-refractivity contribution is -0.274. The van der Waals surface area contributed by atoms with Gasteiger partial charge in [0.1, 0.15) is 11.6 Å². The Morgan fingerprint density at radius 2 is 1.50 bits per heavy atom. The van der Waals surface area contributed by atoms with Gasteiger partial charge in [0.15, 0.2) is 0 Å². The van der Waals surface area contributed by atoms with Gasteiger partial charge >= 0.3 is 12.3 Å². The fraction of sp³-hybridized carbons (Fsp3) is 0.0455. The third-order valence-corrected chi connectivity index (χ3v) is 3.98. The van der Waals surface area contributed by atoms with Crippen molar-refractivity contribution in [2.75, 3.05) is 5.32 Å². The number of ether oxygens (including phenoxy) is 1. The van der Waals surface area contributed by atoms with Crippen molar-refractivity contribution in [3.8, 4) is 5.75 Å². The molecule has 0 saturated carbocycles. The zero-order valence-electron chi connectivity index (χ0n) is 15.3. The molecule has 0 aliphatic carbocycles. The van der Waals surface area contributed by atoms with Crippen molar-refractivity contribution in [3.05, 3.63) is 89.2 Å². The Balaban J connectivity index is 1.80. The summed E-state index contributed by atoms with van der Waals surface area (Å²) in [4.78, 5) is 11.5. The first kappa shape index (κ1) is 20.9. The van der Waals surface area contributed by atoms with E-state index in [1.807, 2.05) is 0 Å². The van der Waals surface area contributed by atoms with Crippen LogP contribution in [0.1, 0.15) is 21.5 Å². The smallest absolute Gasteiger partial charge is 0.478 e. The molecular weight excluding hydrogens is 402 g/mol. The predicted octanol–water partition coefficient (Wildman–Crippen LogP) is 6.34. The molecule has 3 rings (SSSR count). The zero-order valence-corrected chi connectivity index (χ0v) is 15.3. The van der Waals surface area contributed by atoms with Crippen LogP contribution >= 0.6 is 0 Å². The van der Waals surface area contributed by atoms with Gasteiger partial charge in [0.05, 0.1) is 11.3 Å². The number of hydrogen-bond donors (Lipinski definition) is 2. The Hall–Kier alpha value is -3.81. The van der Waals surface area contributed by atoms with Crippen LogP contribution in [0.4, 0.5) is 28.9 Å². The maximum absolute atomic E-state index is 13.1. The Bertz CT molecular complexity index is 1060. The molecule has 30 heavy (non-hydrogen) atoms. The summed E-state index contributed by atoms with van der Waals surface area (Å²) in [6.07, 6.45) is -1.41. The number of halogens is 4. The van der Waals surface area contributed by atoms with E-state index in [0.717, 1.165) is 0 Å². The number of anilines is 2. The standard InChI is InChI=1S/C22H15F4NO3/c23-16-6-8-17(9-7-16)27-20-13-15(5-12-19(20)21(28)29)2-1-14-3-10-18(11-4-14)30-22(24,25)26/h1-13,27H,(H,28,29). The molecule has 0 heterocycles. The number of hydrogen-bond acceptors (Lipinski definition) is 3. The molecule has 8 heteroatoms. The van der Waals surface area contributed by atoms with E-state index in [-0.39, 0.29) is 11.3 Å². The monoisotopic (exact) mass is 417 g/mol. The van der Waals surface area contributed by atoms with Crippen LogP contribution in [0.25, 0.3) is 12.2 Å². The first-order valence-electron chi connectivity index (χ1n) is 8.63. The molecule has 0 spiro atoms. The zero-order chi connectivity index (χ0) is 21.7. The van der Waals surface area contributed by atoms with Gasteiger partial charge in [-0.2, -0.15) is 0 Å². The molecule has 4 nitrogen and oxygen atoms in total. The molecule has 3 aromatic rings. The molecule has 0 unspecified atom stereocenters. The summed E-state index contributed by atoms with van der Waals surface area (Å²) in [5.74, 6) is -1.87. The number of aromatic carboxylic acids is 1. The van der Waals surface area contributed by atoms with E-state index >= 15 is 0 Å². The van der Waals surface area contributed by atoms with Crippen LogP contribution < -0.4 is 10.1 Å². The van der Waals surface area contributed by atoms with Gasteiger partial charge in [-0.3, -0.25) is 0 Å². The second-order valence-corrected chi connectivity index (χ2v) is 6.19. The summed E-state index contributed by atoms with van der Waals surface area (Å²) in [7, 11) is 0. The van der Waals surface area contributed by atoms with Crippen LogP contribution in [0, 0.1) is 5.82 Å². The maximum atomic E-state index is 13.1. The molecule has 154 valence electrons. The third kappa shape index (κ3) is 5.84. The van der Waals surface area contributed by atoms with Gasteiger partial charge < -0.3 is 15.2 Å². The van der Waals surface area contributed by atoms with Gasteiger partial charge in [-0.1, -0.05) is 30.4 Å². The molecule has 0 fully saturated rings. The minimum absolute atomic E-state index is 0.0325. The lowest BCUT2D eigenvalue weighted by Crippen LogP contribution is -2.16. The minimum Gasteiger partial charge on any atom is -0.478 e. The van der Waals surface area contributed by atoms with Crippen LogP contribution in [-0.2, 0) is 0 Å². The van der Waals surface area contributed by atoms with Crippen molar-refractivity contribution < 1.29 is 32.2 Å². The number of benzene rings is 3. The second kappa shape index (κ2) is 8.69. The highest BCUT2D eigenvalue weighted by Crippen LogP contribution is 2.25. The summed E-state index contributed by atoms with van der Waals surface area (Å²) in [5, 5.41) is 12.3. The lowest BCUT2D eigenvalue weighted by Gasteiger charge is -2.11. The quantitative estimate of drug-likeness (QED) is 0.363. The van der Waals surface area contributed by atoms with Crippen LogP contribution in [0.5, 0.6) is 5.75 Å². The van der Waals surface area contributed by atoms with E-state index in [2.05, 4.69) is 10.1 Å². The fourth-order valence-electron chi connectivity index (χ4n) is 2.62. The summed E-state index contributed by atoms with van der Waals surface area (Å²) in [6, 6.07) is 15.4. The number of carboxylic acid groups (broad SMARTS) is 1. The first-order valence-corrected chi connectivity index (χ1v) is 8.63. The van der Waals surface area contributed by atoms with E-state index in [9.17, 15) is 27.5 Å². The molecular formula is C22H15F4NO3. The van der Waals surface area contributed by atoms with Crippen LogP contribution in [-0.4, -0.2) is 17.4 Å². The average molecular weight is 417 g/mol. The van der Waals surface area contributed by atoms with Crippen molar-refractivity contribution in [2.24, 2.45) is 0 Å².